The highest BCUT2D eigenvalue weighted by molar-refractivity contribution is 5.98. The number of anilines is 1. The molecule has 0 aliphatic heterocycles. The molecule has 0 bridgehead atoms. The minimum Gasteiger partial charge on any atom is -0.370 e. The van der Waals surface area contributed by atoms with Gasteiger partial charge in [0.05, 0.1) is 4.92 Å². The number of hydrogen-bond donors (Lipinski definition) is 1. The number of nitro groups is 1. The predicted octanol–water partition coefficient (Wildman–Crippen LogP) is 1.90. The van der Waals surface area contributed by atoms with Crippen molar-refractivity contribution < 1.29 is 9.72 Å². The summed E-state index contributed by atoms with van der Waals surface area (Å²) in [5, 5.41) is 13.9. The molecule has 0 aliphatic rings. The monoisotopic (exact) mass is 266 g/mol. The van der Waals surface area contributed by atoms with E-state index in [4.69, 9.17) is 0 Å². The molecule has 0 aromatic carbocycles. The molecule has 1 rings (SSSR count). The first-order valence-corrected chi connectivity index (χ1v) is 6.15. The van der Waals surface area contributed by atoms with Crippen LogP contribution >= 0.6 is 0 Å². The molecule has 7 nitrogen and oxygen atoms in total. The second kappa shape index (κ2) is 6.67. The van der Waals surface area contributed by atoms with Crippen LogP contribution in [0.2, 0.25) is 0 Å². The van der Waals surface area contributed by atoms with Gasteiger partial charge in [0.25, 0.3) is 11.6 Å². The second-order valence-electron chi connectivity index (χ2n) is 4.09. The number of nitrogens with zero attached hydrogens (tertiary/aromatic N) is 3. The van der Waals surface area contributed by atoms with Crippen molar-refractivity contribution in [2.75, 3.05) is 25.5 Å². The molecule has 0 fully saturated rings. The summed E-state index contributed by atoms with van der Waals surface area (Å²) in [6.45, 7) is 4.98. The smallest absolute Gasteiger partial charge is 0.300 e. The fourth-order valence-electron chi connectivity index (χ4n) is 1.46. The number of aromatic nitrogens is 1. The van der Waals surface area contributed by atoms with Crippen LogP contribution < -0.4 is 5.32 Å². The van der Waals surface area contributed by atoms with Gasteiger partial charge in [-0.3, -0.25) is 14.9 Å². The number of hydrogen-bond acceptors (Lipinski definition) is 5. The average Bonchev–Trinajstić information content (AvgIpc) is 2.42. The second-order valence-corrected chi connectivity index (χ2v) is 4.09. The number of pyridine rings is 1. The third-order valence-electron chi connectivity index (χ3n) is 2.69. The van der Waals surface area contributed by atoms with Crippen molar-refractivity contribution in [3.8, 4) is 0 Å². The van der Waals surface area contributed by atoms with Gasteiger partial charge in [0, 0.05) is 26.2 Å². The highest BCUT2D eigenvalue weighted by Crippen LogP contribution is 2.21. The van der Waals surface area contributed by atoms with Gasteiger partial charge in [0.15, 0.2) is 0 Å². The van der Waals surface area contributed by atoms with Crippen molar-refractivity contribution in [2.24, 2.45) is 0 Å². The molecule has 0 spiro atoms. The van der Waals surface area contributed by atoms with Crippen LogP contribution in [-0.2, 0) is 0 Å². The number of carbonyl (C=O) groups is 1. The van der Waals surface area contributed by atoms with Gasteiger partial charge < -0.3 is 10.2 Å². The Kier molecular flexibility index (Phi) is 5.23. The first kappa shape index (κ1) is 14.9. The lowest BCUT2D eigenvalue weighted by Gasteiger charge is -2.15. The molecule has 0 saturated heterocycles. The predicted molar refractivity (Wildman–Crippen MR) is 72.3 cm³/mol. The molecule has 7 heteroatoms. The van der Waals surface area contributed by atoms with Gasteiger partial charge in [0.2, 0.25) is 0 Å². The summed E-state index contributed by atoms with van der Waals surface area (Å²) in [5.41, 5.74) is -0.213. The summed E-state index contributed by atoms with van der Waals surface area (Å²) in [4.78, 5) is 27.8. The van der Waals surface area contributed by atoms with Gasteiger partial charge in [-0.25, -0.2) is 4.98 Å². The van der Waals surface area contributed by atoms with Crippen LogP contribution in [0.1, 0.15) is 30.6 Å². The van der Waals surface area contributed by atoms with E-state index in [0.717, 1.165) is 12.6 Å². The summed E-state index contributed by atoms with van der Waals surface area (Å²) in [7, 11) is 1.60. The minimum absolute atomic E-state index is 0.0583. The Labute approximate surface area is 111 Å². The van der Waals surface area contributed by atoms with Crippen molar-refractivity contribution in [1.82, 2.24) is 9.88 Å². The molecule has 1 N–H and O–H groups in total. The number of carbonyl (C=O) groups excluding carboxylic acids is 1. The molecule has 104 valence electrons. The van der Waals surface area contributed by atoms with E-state index in [9.17, 15) is 14.9 Å². The topological polar surface area (TPSA) is 88.4 Å². The van der Waals surface area contributed by atoms with Crippen molar-refractivity contribution in [1.29, 1.82) is 0 Å². The van der Waals surface area contributed by atoms with Crippen molar-refractivity contribution in [3.05, 3.63) is 27.9 Å². The lowest BCUT2D eigenvalue weighted by molar-refractivity contribution is -0.385. The van der Waals surface area contributed by atoms with E-state index >= 15 is 0 Å². The summed E-state index contributed by atoms with van der Waals surface area (Å²) >= 11 is 0. The Bertz CT molecular complexity index is 476. The Hall–Kier alpha value is -2.18. The van der Waals surface area contributed by atoms with E-state index in [1.54, 1.807) is 14.0 Å². The Morgan fingerprint density at radius 3 is 2.74 bits per heavy atom. The van der Waals surface area contributed by atoms with Gasteiger partial charge in [-0.15, -0.1) is 0 Å². The maximum absolute atomic E-state index is 12.1. The first-order chi connectivity index (χ1) is 9.01. The number of amides is 1. The SMILES string of the molecule is CCCNc1cc(C(=O)N(C)CC)c([N+](=O)[O-])cn1. The van der Waals surface area contributed by atoms with Gasteiger partial charge in [-0.2, -0.15) is 0 Å². The van der Waals surface area contributed by atoms with Crippen LogP contribution in [0.25, 0.3) is 0 Å². The third-order valence-corrected chi connectivity index (χ3v) is 2.69. The highest BCUT2D eigenvalue weighted by Gasteiger charge is 2.23. The fourth-order valence-corrected chi connectivity index (χ4v) is 1.46. The lowest BCUT2D eigenvalue weighted by Crippen LogP contribution is -2.27. The standard InChI is InChI=1S/C12H18N4O3/c1-4-6-13-11-7-9(12(17)15(3)5-2)10(8-14-11)16(18)19/h7-8H,4-6H2,1-3H3,(H,13,14). The molecule has 0 aliphatic carbocycles. The van der Waals surface area contributed by atoms with Crippen molar-refractivity contribution in [2.45, 2.75) is 20.3 Å². The number of rotatable bonds is 6. The molecule has 0 saturated carbocycles. The van der Waals surface area contributed by atoms with Crippen molar-refractivity contribution >= 4 is 17.4 Å². The van der Waals surface area contributed by atoms with Crippen LogP contribution in [0.4, 0.5) is 11.5 Å². The molecule has 0 radical (unpaired) electrons. The maximum atomic E-state index is 12.1. The van der Waals surface area contributed by atoms with Crippen LogP contribution in [0.15, 0.2) is 12.3 Å². The van der Waals surface area contributed by atoms with E-state index in [0.29, 0.717) is 18.9 Å². The average molecular weight is 266 g/mol. The zero-order valence-corrected chi connectivity index (χ0v) is 11.3. The van der Waals surface area contributed by atoms with E-state index in [1.165, 1.54) is 11.0 Å². The Morgan fingerprint density at radius 1 is 1.53 bits per heavy atom. The Morgan fingerprint density at radius 2 is 2.21 bits per heavy atom. The molecule has 1 amide bonds. The first-order valence-electron chi connectivity index (χ1n) is 6.15. The maximum Gasteiger partial charge on any atom is 0.300 e. The van der Waals surface area contributed by atoms with Crippen LogP contribution in [0, 0.1) is 10.1 Å². The molecule has 1 aromatic heterocycles. The molecular formula is C12H18N4O3. The molecule has 0 atom stereocenters. The van der Waals surface area contributed by atoms with E-state index in [1.807, 2.05) is 6.92 Å². The van der Waals surface area contributed by atoms with E-state index < -0.39 is 4.92 Å². The van der Waals surface area contributed by atoms with Gasteiger partial charge in [-0.05, 0) is 13.3 Å². The van der Waals surface area contributed by atoms with Gasteiger partial charge in [-0.1, -0.05) is 6.92 Å². The largest absolute Gasteiger partial charge is 0.370 e. The minimum atomic E-state index is -0.590. The zero-order valence-electron chi connectivity index (χ0n) is 11.3. The molecular weight excluding hydrogens is 248 g/mol. The van der Waals surface area contributed by atoms with Gasteiger partial charge in [0.1, 0.15) is 17.6 Å². The highest BCUT2D eigenvalue weighted by atomic mass is 16.6. The third kappa shape index (κ3) is 3.64. The molecule has 19 heavy (non-hydrogen) atoms. The summed E-state index contributed by atoms with van der Waals surface area (Å²) in [5.74, 6) is 0.0939. The lowest BCUT2D eigenvalue weighted by atomic mass is 10.2. The van der Waals surface area contributed by atoms with Crippen LogP contribution in [-0.4, -0.2) is 40.9 Å². The number of nitrogens with one attached hydrogen (secondary N) is 1. The Balaban J connectivity index is 3.15. The summed E-state index contributed by atoms with van der Waals surface area (Å²) < 4.78 is 0. The van der Waals surface area contributed by atoms with Crippen molar-refractivity contribution in [3.63, 3.8) is 0 Å². The molecule has 1 heterocycles. The zero-order chi connectivity index (χ0) is 14.4. The quantitative estimate of drug-likeness (QED) is 0.627. The molecule has 1 aromatic rings. The summed E-state index contributed by atoms with van der Waals surface area (Å²) in [6.07, 6.45) is 2.02. The summed E-state index contributed by atoms with van der Waals surface area (Å²) in [6, 6.07) is 1.43. The van der Waals surface area contributed by atoms with Crippen LogP contribution in [0.3, 0.4) is 0 Å². The fraction of sp³-hybridized carbons (Fsp3) is 0.500. The normalized spacial score (nSPS) is 10.1. The van der Waals surface area contributed by atoms with Gasteiger partial charge >= 0.3 is 0 Å². The van der Waals surface area contributed by atoms with E-state index in [-0.39, 0.29) is 17.2 Å². The van der Waals surface area contributed by atoms with Crippen LogP contribution in [0.5, 0.6) is 0 Å². The van der Waals surface area contributed by atoms with E-state index in [2.05, 4.69) is 10.3 Å². The molecule has 0 unspecified atom stereocenters.